The minimum Gasteiger partial charge on any atom is -0.369 e. The van der Waals surface area contributed by atoms with Crippen LogP contribution in [0.3, 0.4) is 0 Å². The molecule has 0 aliphatic rings. The van der Waals surface area contributed by atoms with Crippen molar-refractivity contribution in [3.63, 3.8) is 0 Å². The zero-order chi connectivity index (χ0) is 22.6. The Morgan fingerprint density at radius 1 is 1.16 bits per heavy atom. The molecule has 1 aromatic heterocycles. The van der Waals surface area contributed by atoms with Crippen molar-refractivity contribution in [3.8, 4) is 0 Å². The van der Waals surface area contributed by atoms with Gasteiger partial charge in [-0.05, 0) is 30.7 Å². The van der Waals surface area contributed by atoms with Crippen molar-refractivity contribution in [1.29, 1.82) is 0 Å². The summed E-state index contributed by atoms with van der Waals surface area (Å²) in [5.74, 6) is -0.968. The van der Waals surface area contributed by atoms with Crippen molar-refractivity contribution >= 4 is 40.6 Å². The second kappa shape index (κ2) is 9.52. The third-order valence-corrected chi connectivity index (χ3v) is 6.73. The standard InChI is InChI=1S/C21H18F3N3O2S2/c1-12-16(11-17(25)28)30-20(26-12)31-18(13-6-3-2-4-7-13)19(29)27-15-9-5-8-14(10-15)21(22,23)24/h2-10,18H,11H2,1H3,(H2,25,28)(H,27,29). The summed E-state index contributed by atoms with van der Waals surface area (Å²) in [4.78, 5) is 29.4. The highest BCUT2D eigenvalue weighted by molar-refractivity contribution is 8.01. The van der Waals surface area contributed by atoms with Gasteiger partial charge in [-0.1, -0.05) is 48.2 Å². The van der Waals surface area contributed by atoms with Crippen LogP contribution < -0.4 is 11.1 Å². The number of primary amides is 1. The fourth-order valence-corrected chi connectivity index (χ4v) is 5.19. The van der Waals surface area contributed by atoms with Crippen LogP contribution in [0.4, 0.5) is 18.9 Å². The molecule has 3 N–H and O–H groups in total. The fourth-order valence-electron chi connectivity index (χ4n) is 2.76. The van der Waals surface area contributed by atoms with E-state index in [9.17, 15) is 22.8 Å². The Balaban J connectivity index is 1.86. The number of carbonyl (C=O) groups is 2. The first-order chi connectivity index (χ1) is 14.6. The molecule has 1 atom stereocenters. The van der Waals surface area contributed by atoms with Crippen molar-refractivity contribution in [1.82, 2.24) is 4.98 Å². The third-order valence-electron chi connectivity index (χ3n) is 4.22. The number of nitrogens with two attached hydrogens (primary N) is 1. The molecule has 0 bridgehead atoms. The largest absolute Gasteiger partial charge is 0.416 e. The van der Waals surface area contributed by atoms with Crippen molar-refractivity contribution in [3.05, 3.63) is 76.3 Å². The van der Waals surface area contributed by atoms with Crippen LogP contribution in [0.5, 0.6) is 0 Å². The van der Waals surface area contributed by atoms with E-state index < -0.39 is 28.8 Å². The van der Waals surface area contributed by atoms with E-state index in [1.54, 1.807) is 37.3 Å². The van der Waals surface area contributed by atoms with Crippen LogP contribution in [0.15, 0.2) is 58.9 Å². The number of thioether (sulfide) groups is 1. The SMILES string of the molecule is Cc1nc(SC(C(=O)Nc2cccc(C(F)(F)F)c2)c2ccccc2)sc1CC(N)=O. The van der Waals surface area contributed by atoms with E-state index in [0.29, 0.717) is 20.5 Å². The van der Waals surface area contributed by atoms with E-state index in [0.717, 1.165) is 23.9 Å². The number of nitrogens with one attached hydrogen (secondary N) is 1. The van der Waals surface area contributed by atoms with E-state index in [-0.39, 0.29) is 12.1 Å². The summed E-state index contributed by atoms with van der Waals surface area (Å²) in [7, 11) is 0. The van der Waals surface area contributed by atoms with Gasteiger partial charge in [0.1, 0.15) is 5.25 Å². The van der Waals surface area contributed by atoms with Crippen LogP contribution in [0.2, 0.25) is 0 Å². The maximum Gasteiger partial charge on any atom is 0.416 e. The topological polar surface area (TPSA) is 85.1 Å². The Morgan fingerprint density at radius 3 is 2.52 bits per heavy atom. The highest BCUT2D eigenvalue weighted by Crippen LogP contribution is 2.39. The number of anilines is 1. The number of halogens is 3. The molecule has 0 aliphatic carbocycles. The van der Waals surface area contributed by atoms with Crippen molar-refractivity contribution in [2.75, 3.05) is 5.32 Å². The molecule has 2 aromatic carbocycles. The molecule has 5 nitrogen and oxygen atoms in total. The molecule has 31 heavy (non-hydrogen) atoms. The Morgan fingerprint density at radius 2 is 1.87 bits per heavy atom. The minimum atomic E-state index is -4.51. The van der Waals surface area contributed by atoms with E-state index in [1.165, 1.54) is 23.5 Å². The smallest absolute Gasteiger partial charge is 0.369 e. The molecule has 0 fully saturated rings. The molecule has 0 saturated carbocycles. The van der Waals surface area contributed by atoms with Gasteiger partial charge < -0.3 is 11.1 Å². The first-order valence-corrected chi connectivity index (χ1v) is 10.8. The van der Waals surface area contributed by atoms with Crippen LogP contribution in [-0.4, -0.2) is 16.8 Å². The van der Waals surface area contributed by atoms with E-state index >= 15 is 0 Å². The number of aromatic nitrogens is 1. The predicted octanol–water partition coefficient (Wildman–Crippen LogP) is 4.97. The lowest BCUT2D eigenvalue weighted by Gasteiger charge is -2.16. The lowest BCUT2D eigenvalue weighted by molar-refractivity contribution is -0.137. The van der Waals surface area contributed by atoms with Gasteiger partial charge in [-0.25, -0.2) is 4.98 Å². The Bertz CT molecular complexity index is 1080. The molecule has 0 spiro atoms. The normalized spacial score (nSPS) is 12.4. The van der Waals surface area contributed by atoms with Crippen LogP contribution >= 0.6 is 23.1 Å². The maximum atomic E-state index is 13.0. The molecule has 1 unspecified atom stereocenters. The molecule has 0 radical (unpaired) electrons. The zero-order valence-corrected chi connectivity index (χ0v) is 17.9. The lowest BCUT2D eigenvalue weighted by Crippen LogP contribution is -2.19. The van der Waals surface area contributed by atoms with Gasteiger partial charge in [0.25, 0.3) is 0 Å². The highest BCUT2D eigenvalue weighted by atomic mass is 32.2. The number of thiazole rings is 1. The molecular formula is C21H18F3N3O2S2. The third kappa shape index (κ3) is 6.08. The average Bonchev–Trinajstić information content (AvgIpc) is 3.04. The number of rotatable bonds is 7. The van der Waals surface area contributed by atoms with Gasteiger partial charge in [-0.3, -0.25) is 9.59 Å². The van der Waals surface area contributed by atoms with Gasteiger partial charge in [0.15, 0.2) is 4.34 Å². The second-order valence-electron chi connectivity index (χ2n) is 6.61. The summed E-state index contributed by atoms with van der Waals surface area (Å²) < 4.78 is 39.5. The monoisotopic (exact) mass is 465 g/mol. The molecule has 2 amide bonds. The van der Waals surface area contributed by atoms with Crippen LogP contribution in [0.1, 0.15) is 26.9 Å². The minimum absolute atomic E-state index is 0.0473. The average molecular weight is 466 g/mol. The molecule has 3 rings (SSSR count). The van der Waals surface area contributed by atoms with Gasteiger partial charge in [0, 0.05) is 10.6 Å². The molecular weight excluding hydrogens is 447 g/mol. The number of benzene rings is 2. The van der Waals surface area contributed by atoms with Crippen molar-refractivity contribution in [2.45, 2.75) is 29.1 Å². The number of hydrogen-bond acceptors (Lipinski definition) is 5. The number of alkyl halides is 3. The number of hydrogen-bond donors (Lipinski definition) is 2. The summed E-state index contributed by atoms with van der Waals surface area (Å²) in [5.41, 5.74) is 5.78. The molecule has 0 saturated heterocycles. The van der Waals surface area contributed by atoms with E-state index in [1.807, 2.05) is 0 Å². The van der Waals surface area contributed by atoms with Crippen LogP contribution in [0, 0.1) is 6.92 Å². The van der Waals surface area contributed by atoms with Gasteiger partial charge in [-0.2, -0.15) is 13.2 Å². The number of amides is 2. The first kappa shape index (κ1) is 22.8. The zero-order valence-electron chi connectivity index (χ0n) is 16.3. The number of aryl methyl sites for hydroxylation is 1. The van der Waals surface area contributed by atoms with Gasteiger partial charge in [-0.15, -0.1) is 11.3 Å². The van der Waals surface area contributed by atoms with Gasteiger partial charge in [0.2, 0.25) is 11.8 Å². The molecule has 162 valence electrons. The maximum absolute atomic E-state index is 13.0. The van der Waals surface area contributed by atoms with Crippen molar-refractivity contribution in [2.24, 2.45) is 5.73 Å². The molecule has 3 aromatic rings. The van der Waals surface area contributed by atoms with E-state index in [2.05, 4.69) is 10.3 Å². The van der Waals surface area contributed by atoms with Gasteiger partial charge in [0.05, 0.1) is 17.7 Å². The first-order valence-electron chi connectivity index (χ1n) is 9.08. The summed E-state index contributed by atoms with van der Waals surface area (Å²) in [6, 6.07) is 13.3. The predicted molar refractivity (Wildman–Crippen MR) is 115 cm³/mol. The Hall–Kier alpha value is -2.85. The summed E-state index contributed by atoms with van der Waals surface area (Å²) in [5, 5.41) is 1.81. The van der Waals surface area contributed by atoms with E-state index in [4.69, 9.17) is 5.73 Å². The summed E-state index contributed by atoms with van der Waals surface area (Å²) in [6.07, 6.45) is -4.46. The fraction of sp³-hybridized carbons (Fsp3) is 0.190. The number of nitrogens with zero attached hydrogens (tertiary/aromatic N) is 1. The Labute approximate surface area is 184 Å². The molecule has 10 heteroatoms. The molecule has 0 aliphatic heterocycles. The van der Waals surface area contributed by atoms with Crippen LogP contribution in [-0.2, 0) is 22.2 Å². The van der Waals surface area contributed by atoms with Crippen molar-refractivity contribution < 1.29 is 22.8 Å². The van der Waals surface area contributed by atoms with Crippen LogP contribution in [0.25, 0.3) is 0 Å². The number of carbonyl (C=O) groups excluding carboxylic acids is 2. The summed E-state index contributed by atoms with van der Waals surface area (Å²) in [6.45, 7) is 1.75. The second-order valence-corrected chi connectivity index (χ2v) is 9.04. The van der Waals surface area contributed by atoms with Gasteiger partial charge >= 0.3 is 6.18 Å². The Kier molecular flexibility index (Phi) is 7.01. The highest BCUT2D eigenvalue weighted by Gasteiger charge is 2.31. The lowest BCUT2D eigenvalue weighted by atomic mass is 10.1. The summed E-state index contributed by atoms with van der Waals surface area (Å²) >= 11 is 2.42. The molecule has 1 heterocycles. The quantitative estimate of drug-likeness (QED) is 0.483.